The number of rotatable bonds is 7. The van der Waals surface area contributed by atoms with E-state index >= 15 is 0 Å². The summed E-state index contributed by atoms with van der Waals surface area (Å²) in [5.74, 6) is -2.05. The molecule has 0 heterocycles. The van der Waals surface area contributed by atoms with E-state index < -0.39 is 27.7 Å². The Morgan fingerprint density at radius 3 is 2.29 bits per heavy atom. The molecule has 0 bridgehead atoms. The van der Waals surface area contributed by atoms with Crippen LogP contribution in [0.2, 0.25) is 0 Å². The smallest absolute Gasteiger partial charge is 0.322 e. The average molecular weight is 267 g/mol. The monoisotopic (exact) mass is 267 g/mol. The van der Waals surface area contributed by atoms with Crippen molar-refractivity contribution in [1.29, 1.82) is 0 Å². The maximum atomic E-state index is 11.5. The van der Waals surface area contributed by atoms with Gasteiger partial charge in [-0.15, -0.1) is 0 Å². The van der Waals surface area contributed by atoms with Crippen LogP contribution >= 0.6 is 0 Å². The summed E-state index contributed by atoms with van der Waals surface area (Å²) in [4.78, 5) is 21.9. The van der Waals surface area contributed by atoms with Crippen molar-refractivity contribution in [2.24, 2.45) is 0 Å². The number of hydrogen-bond donors (Lipinski definition) is 0. The van der Waals surface area contributed by atoms with Crippen LogP contribution in [-0.2, 0) is 29.1 Å². The first-order valence-electron chi connectivity index (χ1n) is 5.00. The predicted octanol–water partition coefficient (Wildman–Crippen LogP) is -0.626. The molecule has 0 aliphatic rings. The number of esters is 2. The number of ether oxygens (including phenoxy) is 2. The van der Waals surface area contributed by atoms with Gasteiger partial charge in [0.25, 0.3) is 0 Å². The standard InChI is InChI=1S/C9H17NO6S/c1-4-16-8(11)5-6-10(2)17(13,14)7-9(12)15-3/h4-7H2,1-3H3. The second kappa shape index (κ2) is 7.23. The zero-order chi connectivity index (χ0) is 13.5. The highest BCUT2D eigenvalue weighted by atomic mass is 32.2. The lowest BCUT2D eigenvalue weighted by Crippen LogP contribution is -2.34. The van der Waals surface area contributed by atoms with Gasteiger partial charge < -0.3 is 9.47 Å². The van der Waals surface area contributed by atoms with E-state index in [2.05, 4.69) is 9.47 Å². The Bertz CT molecular complexity index is 364. The number of nitrogens with zero attached hydrogens (tertiary/aromatic N) is 1. The van der Waals surface area contributed by atoms with E-state index in [1.165, 1.54) is 7.05 Å². The van der Waals surface area contributed by atoms with Crippen LogP contribution in [0.1, 0.15) is 13.3 Å². The molecule has 0 saturated carbocycles. The fourth-order valence-electron chi connectivity index (χ4n) is 0.939. The number of sulfonamides is 1. The Kier molecular flexibility index (Phi) is 6.74. The van der Waals surface area contributed by atoms with Gasteiger partial charge in [-0.05, 0) is 6.92 Å². The molecule has 0 N–H and O–H groups in total. The van der Waals surface area contributed by atoms with Gasteiger partial charge in [0.1, 0.15) is 0 Å². The molecule has 0 aliphatic heterocycles. The second-order valence-electron chi connectivity index (χ2n) is 3.21. The van der Waals surface area contributed by atoms with Crippen molar-refractivity contribution < 1.29 is 27.5 Å². The van der Waals surface area contributed by atoms with Gasteiger partial charge in [0, 0.05) is 13.6 Å². The number of hydrogen-bond acceptors (Lipinski definition) is 6. The molecule has 0 aliphatic carbocycles. The summed E-state index contributed by atoms with van der Waals surface area (Å²) in [5, 5.41) is 0. The number of carbonyl (C=O) groups excluding carboxylic acids is 2. The zero-order valence-electron chi connectivity index (χ0n) is 10.1. The van der Waals surface area contributed by atoms with Crippen LogP contribution in [-0.4, -0.2) is 57.7 Å². The van der Waals surface area contributed by atoms with Crippen LogP contribution in [0.3, 0.4) is 0 Å². The van der Waals surface area contributed by atoms with Crippen LogP contribution in [0.15, 0.2) is 0 Å². The molecule has 0 aromatic rings. The van der Waals surface area contributed by atoms with Gasteiger partial charge in [-0.25, -0.2) is 12.7 Å². The van der Waals surface area contributed by atoms with Crippen molar-refractivity contribution in [1.82, 2.24) is 4.31 Å². The SMILES string of the molecule is CCOC(=O)CCN(C)S(=O)(=O)CC(=O)OC. The second-order valence-corrected chi connectivity index (χ2v) is 5.28. The third-order valence-electron chi connectivity index (χ3n) is 1.94. The Hall–Kier alpha value is -1.15. The van der Waals surface area contributed by atoms with Crippen LogP contribution < -0.4 is 0 Å². The first kappa shape index (κ1) is 15.9. The molecule has 0 spiro atoms. The van der Waals surface area contributed by atoms with E-state index in [9.17, 15) is 18.0 Å². The number of methoxy groups -OCH3 is 1. The maximum absolute atomic E-state index is 11.5. The fourth-order valence-corrected chi connectivity index (χ4v) is 1.94. The minimum atomic E-state index is -3.73. The van der Waals surface area contributed by atoms with E-state index in [1.807, 2.05) is 0 Å². The molecule has 0 unspecified atom stereocenters. The van der Waals surface area contributed by atoms with Crippen LogP contribution in [0.4, 0.5) is 0 Å². The van der Waals surface area contributed by atoms with Crippen molar-refractivity contribution in [3.8, 4) is 0 Å². The molecule has 100 valence electrons. The van der Waals surface area contributed by atoms with Gasteiger partial charge in [-0.1, -0.05) is 0 Å². The fraction of sp³-hybridized carbons (Fsp3) is 0.778. The molecular formula is C9H17NO6S. The van der Waals surface area contributed by atoms with E-state index in [4.69, 9.17) is 0 Å². The Labute approximate surface area is 101 Å². The van der Waals surface area contributed by atoms with Gasteiger partial charge in [0.05, 0.1) is 20.1 Å². The third kappa shape index (κ3) is 6.22. The summed E-state index contributed by atoms with van der Waals surface area (Å²) >= 11 is 0. The lowest BCUT2D eigenvalue weighted by molar-refractivity contribution is -0.143. The van der Waals surface area contributed by atoms with Gasteiger partial charge >= 0.3 is 11.9 Å². The quantitative estimate of drug-likeness (QED) is 0.571. The van der Waals surface area contributed by atoms with E-state index in [0.29, 0.717) is 0 Å². The van der Waals surface area contributed by atoms with Crippen molar-refractivity contribution in [2.75, 3.05) is 33.1 Å². The van der Waals surface area contributed by atoms with Crippen molar-refractivity contribution >= 4 is 22.0 Å². The zero-order valence-corrected chi connectivity index (χ0v) is 10.9. The lowest BCUT2D eigenvalue weighted by atomic mass is 10.4. The molecule has 8 heteroatoms. The van der Waals surface area contributed by atoms with Crippen molar-refractivity contribution in [3.05, 3.63) is 0 Å². The highest BCUT2D eigenvalue weighted by Crippen LogP contribution is 2.01. The highest BCUT2D eigenvalue weighted by molar-refractivity contribution is 7.89. The summed E-state index contributed by atoms with van der Waals surface area (Å²) in [5.41, 5.74) is 0. The van der Waals surface area contributed by atoms with Gasteiger partial charge in [0.2, 0.25) is 10.0 Å². The summed E-state index contributed by atoms with van der Waals surface area (Å²) in [6.45, 7) is 1.88. The largest absolute Gasteiger partial charge is 0.468 e. The molecule has 0 amide bonds. The maximum Gasteiger partial charge on any atom is 0.322 e. The Morgan fingerprint density at radius 1 is 1.24 bits per heavy atom. The van der Waals surface area contributed by atoms with Gasteiger partial charge in [-0.3, -0.25) is 9.59 Å². The summed E-state index contributed by atoms with van der Waals surface area (Å²) in [6.07, 6.45) is -0.0509. The summed E-state index contributed by atoms with van der Waals surface area (Å²) in [6, 6.07) is 0. The molecule has 0 radical (unpaired) electrons. The third-order valence-corrected chi connectivity index (χ3v) is 3.67. The van der Waals surface area contributed by atoms with Crippen molar-refractivity contribution in [3.63, 3.8) is 0 Å². The van der Waals surface area contributed by atoms with E-state index in [1.54, 1.807) is 6.92 Å². The molecule has 0 aromatic heterocycles. The van der Waals surface area contributed by atoms with Crippen molar-refractivity contribution in [2.45, 2.75) is 13.3 Å². The van der Waals surface area contributed by atoms with Crippen LogP contribution in [0.5, 0.6) is 0 Å². The normalized spacial score (nSPS) is 11.3. The minimum absolute atomic E-state index is 0.0296. The molecule has 0 atom stereocenters. The minimum Gasteiger partial charge on any atom is -0.468 e. The molecule has 0 saturated heterocycles. The first-order valence-corrected chi connectivity index (χ1v) is 6.60. The summed E-state index contributed by atoms with van der Waals surface area (Å²) in [7, 11) is -1.33. The lowest BCUT2D eigenvalue weighted by Gasteiger charge is -2.15. The molecule has 0 aromatic carbocycles. The van der Waals surface area contributed by atoms with Gasteiger partial charge in [0.15, 0.2) is 5.75 Å². The molecule has 7 nitrogen and oxygen atoms in total. The van der Waals surface area contributed by atoms with Crippen LogP contribution in [0.25, 0.3) is 0 Å². The van der Waals surface area contributed by atoms with E-state index in [-0.39, 0.29) is 19.6 Å². The molecular weight excluding hydrogens is 250 g/mol. The topological polar surface area (TPSA) is 90.0 Å². The average Bonchev–Trinajstić information content (AvgIpc) is 2.25. The Balaban J connectivity index is 4.25. The first-order chi connectivity index (χ1) is 7.83. The Morgan fingerprint density at radius 2 is 1.82 bits per heavy atom. The van der Waals surface area contributed by atoms with Crippen LogP contribution in [0, 0.1) is 0 Å². The predicted molar refractivity (Wildman–Crippen MR) is 59.7 cm³/mol. The van der Waals surface area contributed by atoms with E-state index in [0.717, 1.165) is 11.4 Å². The number of carbonyl (C=O) groups is 2. The summed E-state index contributed by atoms with van der Waals surface area (Å²) < 4.78 is 32.9. The van der Waals surface area contributed by atoms with Gasteiger partial charge in [-0.2, -0.15) is 0 Å². The molecule has 0 fully saturated rings. The highest BCUT2D eigenvalue weighted by Gasteiger charge is 2.23. The molecule has 17 heavy (non-hydrogen) atoms. The molecule has 0 rings (SSSR count).